The van der Waals surface area contributed by atoms with Crippen LogP contribution < -0.4 is 11.1 Å². The fraction of sp³-hybridized carbons (Fsp3) is 0.0625. The number of nitrogens with one attached hydrogen (secondary N) is 2. The predicted molar refractivity (Wildman–Crippen MR) is 87.6 cm³/mol. The summed E-state index contributed by atoms with van der Waals surface area (Å²) >= 11 is 0. The normalized spacial score (nSPS) is 11.0. The number of anilines is 2. The molecule has 3 heterocycles. The third kappa shape index (κ3) is 2.59. The second-order valence-electron chi connectivity index (χ2n) is 5.08. The molecule has 0 unspecified atom stereocenters. The summed E-state index contributed by atoms with van der Waals surface area (Å²) in [6.45, 7) is 0.480. The van der Waals surface area contributed by atoms with Crippen LogP contribution in [0.1, 0.15) is 5.89 Å². The van der Waals surface area contributed by atoms with Crippen LogP contribution in [-0.2, 0) is 6.54 Å². The third-order valence-electron chi connectivity index (χ3n) is 3.55. The summed E-state index contributed by atoms with van der Waals surface area (Å²) < 4.78 is 5.23. The maximum atomic E-state index is 5.93. The van der Waals surface area contributed by atoms with Crippen molar-refractivity contribution in [2.24, 2.45) is 0 Å². The Kier molecular flexibility index (Phi) is 3.16. The average Bonchev–Trinajstić information content (AvgIpc) is 3.25. The van der Waals surface area contributed by atoms with E-state index in [0.29, 0.717) is 18.3 Å². The Morgan fingerprint density at radius 3 is 2.91 bits per heavy atom. The molecule has 114 valence electrons. The number of rotatable bonds is 4. The highest BCUT2D eigenvalue weighted by atomic mass is 16.3. The molecule has 4 aromatic rings. The topological polar surface area (TPSA) is 106 Å². The Morgan fingerprint density at radius 1 is 1.17 bits per heavy atom. The highest BCUT2D eigenvalue weighted by Gasteiger charge is 2.08. The lowest BCUT2D eigenvalue weighted by Gasteiger charge is -2.10. The van der Waals surface area contributed by atoms with Crippen LogP contribution in [0.3, 0.4) is 0 Å². The van der Waals surface area contributed by atoms with Crippen molar-refractivity contribution in [2.45, 2.75) is 6.54 Å². The predicted octanol–water partition coefficient (Wildman–Crippen LogP) is 2.81. The molecular formula is C16H14N6O. The zero-order chi connectivity index (χ0) is 15.6. The molecule has 0 saturated carbocycles. The lowest BCUT2D eigenvalue weighted by Crippen LogP contribution is -2.02. The lowest BCUT2D eigenvalue weighted by molar-refractivity contribution is 0.504. The second-order valence-corrected chi connectivity index (χ2v) is 5.08. The highest BCUT2D eigenvalue weighted by Crippen LogP contribution is 2.28. The Bertz CT molecular complexity index is 931. The van der Waals surface area contributed by atoms with E-state index < -0.39 is 0 Å². The van der Waals surface area contributed by atoms with E-state index >= 15 is 0 Å². The standard InChI is InChI=1S/C16H14N6O/c17-15-8-13(19-9-16-18-5-6-23-16)11-2-1-10(7-14(11)21-15)12-3-4-20-22-12/h1-8H,9H2,(H,20,22)(H3,17,19,21). The minimum atomic E-state index is 0.453. The Hall–Kier alpha value is -3.35. The van der Waals surface area contributed by atoms with Crippen LogP contribution in [0.15, 0.2) is 53.4 Å². The molecule has 1 aromatic carbocycles. The minimum Gasteiger partial charge on any atom is -0.447 e. The van der Waals surface area contributed by atoms with Crippen molar-refractivity contribution in [3.8, 4) is 11.3 Å². The van der Waals surface area contributed by atoms with E-state index in [1.165, 1.54) is 0 Å². The molecule has 0 amide bonds. The van der Waals surface area contributed by atoms with Gasteiger partial charge in [-0.25, -0.2) is 9.97 Å². The van der Waals surface area contributed by atoms with Crippen molar-refractivity contribution >= 4 is 22.4 Å². The number of nitrogen functional groups attached to an aromatic ring is 1. The Morgan fingerprint density at radius 2 is 2.13 bits per heavy atom. The Labute approximate surface area is 131 Å². The number of pyridine rings is 1. The van der Waals surface area contributed by atoms with Crippen LogP contribution >= 0.6 is 0 Å². The summed E-state index contributed by atoms with van der Waals surface area (Å²) in [6.07, 6.45) is 4.88. The lowest BCUT2D eigenvalue weighted by atomic mass is 10.1. The van der Waals surface area contributed by atoms with Gasteiger partial charge in [0.05, 0.1) is 24.0 Å². The van der Waals surface area contributed by atoms with E-state index in [9.17, 15) is 0 Å². The molecule has 0 aliphatic heterocycles. The molecule has 0 fully saturated rings. The van der Waals surface area contributed by atoms with Crippen molar-refractivity contribution in [3.05, 3.63) is 54.9 Å². The molecule has 0 aliphatic carbocycles. The molecule has 0 atom stereocenters. The summed E-state index contributed by atoms with van der Waals surface area (Å²) in [5.74, 6) is 1.07. The van der Waals surface area contributed by atoms with E-state index in [0.717, 1.165) is 27.8 Å². The summed E-state index contributed by atoms with van der Waals surface area (Å²) in [6, 6.07) is 9.73. The summed E-state index contributed by atoms with van der Waals surface area (Å²) in [5, 5.41) is 11.2. The zero-order valence-corrected chi connectivity index (χ0v) is 12.2. The number of nitrogens with zero attached hydrogens (tertiary/aromatic N) is 3. The molecule has 0 radical (unpaired) electrons. The zero-order valence-electron chi connectivity index (χ0n) is 12.2. The monoisotopic (exact) mass is 306 g/mol. The van der Waals surface area contributed by atoms with Gasteiger partial charge in [-0.3, -0.25) is 5.10 Å². The molecule has 0 saturated heterocycles. The first-order chi connectivity index (χ1) is 11.3. The second kappa shape index (κ2) is 5.45. The average molecular weight is 306 g/mol. The van der Waals surface area contributed by atoms with E-state index in [1.54, 1.807) is 24.7 Å². The number of hydrogen-bond acceptors (Lipinski definition) is 6. The van der Waals surface area contributed by atoms with Crippen molar-refractivity contribution in [1.82, 2.24) is 20.2 Å². The first-order valence-electron chi connectivity index (χ1n) is 7.12. The fourth-order valence-electron chi connectivity index (χ4n) is 2.49. The fourth-order valence-corrected chi connectivity index (χ4v) is 2.49. The highest BCUT2D eigenvalue weighted by molar-refractivity contribution is 5.95. The minimum absolute atomic E-state index is 0.453. The van der Waals surface area contributed by atoms with Gasteiger partial charge in [0.2, 0.25) is 5.89 Å². The molecule has 3 aromatic heterocycles. The number of oxazole rings is 1. The number of benzene rings is 1. The van der Waals surface area contributed by atoms with Crippen molar-refractivity contribution in [2.75, 3.05) is 11.1 Å². The first kappa shape index (κ1) is 13.3. The van der Waals surface area contributed by atoms with Crippen LogP contribution in [-0.4, -0.2) is 20.2 Å². The molecule has 0 bridgehead atoms. The van der Waals surface area contributed by atoms with Gasteiger partial charge >= 0.3 is 0 Å². The number of nitrogens with two attached hydrogens (primary N) is 1. The quantitative estimate of drug-likeness (QED) is 0.535. The molecule has 0 aliphatic rings. The first-order valence-corrected chi connectivity index (χ1v) is 7.12. The molecule has 4 N–H and O–H groups in total. The Balaban J connectivity index is 1.73. The SMILES string of the molecule is Nc1cc(NCc2ncco2)c2ccc(-c3ccn[nH]3)cc2n1. The third-order valence-corrected chi connectivity index (χ3v) is 3.55. The van der Waals surface area contributed by atoms with Crippen LogP contribution in [0.2, 0.25) is 0 Å². The van der Waals surface area contributed by atoms with Crippen molar-refractivity contribution < 1.29 is 4.42 Å². The van der Waals surface area contributed by atoms with Gasteiger partial charge in [0.25, 0.3) is 0 Å². The molecule has 23 heavy (non-hydrogen) atoms. The van der Waals surface area contributed by atoms with Crippen LogP contribution in [0.4, 0.5) is 11.5 Å². The molecular weight excluding hydrogens is 292 g/mol. The van der Waals surface area contributed by atoms with Gasteiger partial charge in [0.1, 0.15) is 12.1 Å². The van der Waals surface area contributed by atoms with E-state index in [2.05, 4.69) is 25.5 Å². The number of aromatic nitrogens is 4. The van der Waals surface area contributed by atoms with E-state index in [1.807, 2.05) is 24.3 Å². The van der Waals surface area contributed by atoms with Crippen LogP contribution in [0.5, 0.6) is 0 Å². The summed E-state index contributed by atoms with van der Waals surface area (Å²) in [4.78, 5) is 8.51. The smallest absolute Gasteiger partial charge is 0.213 e. The van der Waals surface area contributed by atoms with Gasteiger partial charge < -0.3 is 15.5 Å². The van der Waals surface area contributed by atoms with Gasteiger partial charge in [-0.05, 0) is 12.1 Å². The number of H-pyrrole nitrogens is 1. The van der Waals surface area contributed by atoms with Crippen molar-refractivity contribution in [3.63, 3.8) is 0 Å². The molecule has 7 heteroatoms. The van der Waals surface area contributed by atoms with Crippen LogP contribution in [0, 0.1) is 0 Å². The van der Waals surface area contributed by atoms with Gasteiger partial charge in [-0.15, -0.1) is 0 Å². The molecule has 0 spiro atoms. The maximum absolute atomic E-state index is 5.93. The van der Waals surface area contributed by atoms with E-state index in [-0.39, 0.29) is 0 Å². The van der Waals surface area contributed by atoms with Crippen LogP contribution in [0.25, 0.3) is 22.2 Å². The molecule has 7 nitrogen and oxygen atoms in total. The van der Waals surface area contributed by atoms with E-state index in [4.69, 9.17) is 10.2 Å². The number of fused-ring (bicyclic) bond motifs is 1. The number of aromatic amines is 1. The largest absolute Gasteiger partial charge is 0.447 e. The summed E-state index contributed by atoms with van der Waals surface area (Å²) in [7, 11) is 0. The molecule has 4 rings (SSSR count). The van der Waals surface area contributed by atoms with Gasteiger partial charge in [-0.2, -0.15) is 5.10 Å². The van der Waals surface area contributed by atoms with Gasteiger partial charge in [-0.1, -0.05) is 12.1 Å². The van der Waals surface area contributed by atoms with Crippen molar-refractivity contribution in [1.29, 1.82) is 0 Å². The van der Waals surface area contributed by atoms with Gasteiger partial charge in [0.15, 0.2) is 0 Å². The number of hydrogen-bond donors (Lipinski definition) is 3. The summed E-state index contributed by atoms with van der Waals surface area (Å²) in [5.41, 5.74) is 9.58. The van der Waals surface area contributed by atoms with Gasteiger partial charge in [0, 0.05) is 28.9 Å². The maximum Gasteiger partial charge on any atom is 0.213 e.